The lowest BCUT2D eigenvalue weighted by molar-refractivity contribution is -0.138. The summed E-state index contributed by atoms with van der Waals surface area (Å²) < 4.78 is 10.2. The van der Waals surface area contributed by atoms with Gasteiger partial charge in [-0.15, -0.1) is 34.0 Å². The molecule has 3 rings (SSSR count). The Labute approximate surface area is 305 Å². The number of ether oxygens (including phenoxy) is 2. The average molecular weight is 719 g/mol. The normalized spacial score (nSPS) is 11.7. The molecule has 0 saturated carbocycles. The fraction of sp³-hybridized carbons (Fsp3) is 0.500. The van der Waals surface area contributed by atoms with Crippen molar-refractivity contribution in [3.63, 3.8) is 0 Å². The summed E-state index contributed by atoms with van der Waals surface area (Å²) in [6, 6.07) is 12.6. The Kier molecular flexibility index (Phi) is 18.1. The molecule has 0 aromatic carbocycles. The summed E-state index contributed by atoms with van der Waals surface area (Å²) in [5.74, 6) is -1.20. The molecule has 3 heterocycles. The molecule has 0 aliphatic rings. The number of rotatable bonds is 22. The van der Waals surface area contributed by atoms with Gasteiger partial charge in [0.15, 0.2) is 0 Å². The molecule has 0 spiro atoms. The quantitative estimate of drug-likeness (QED) is 0.0444. The molecule has 0 amide bonds. The van der Waals surface area contributed by atoms with Gasteiger partial charge in [0, 0.05) is 29.3 Å². The molecule has 9 heteroatoms. The number of nitriles is 2. The maximum absolute atomic E-state index is 12.4. The second kappa shape index (κ2) is 22.3. The van der Waals surface area contributed by atoms with Gasteiger partial charge in [-0.25, -0.2) is 9.59 Å². The van der Waals surface area contributed by atoms with E-state index in [9.17, 15) is 20.1 Å². The number of esters is 2. The highest BCUT2D eigenvalue weighted by Crippen LogP contribution is 2.44. The van der Waals surface area contributed by atoms with Gasteiger partial charge in [0.05, 0.1) is 13.2 Å². The van der Waals surface area contributed by atoms with Gasteiger partial charge in [-0.3, -0.25) is 0 Å². The molecule has 0 bridgehead atoms. The molecule has 0 saturated heterocycles. The second-order valence-corrected chi connectivity index (χ2v) is 15.2. The van der Waals surface area contributed by atoms with Crippen molar-refractivity contribution >= 4 is 58.1 Å². The van der Waals surface area contributed by atoms with Crippen molar-refractivity contribution in [1.82, 2.24) is 0 Å². The number of unbranched alkanes of at least 4 members (excludes halogenated alkanes) is 10. The van der Waals surface area contributed by atoms with Crippen LogP contribution in [0.5, 0.6) is 0 Å². The Hall–Kier alpha value is -3.50. The van der Waals surface area contributed by atoms with E-state index in [1.165, 1.54) is 85.1 Å². The Morgan fingerprint density at radius 1 is 0.612 bits per heavy atom. The molecule has 0 aliphatic heterocycles. The Morgan fingerprint density at radius 3 is 1.37 bits per heavy atom. The van der Waals surface area contributed by atoms with Crippen LogP contribution in [0.25, 0.3) is 31.7 Å². The molecular formula is C40H50N2O4S3. The lowest BCUT2D eigenvalue weighted by Gasteiger charge is -2.04. The van der Waals surface area contributed by atoms with Crippen LogP contribution in [-0.2, 0) is 31.9 Å². The molecular weight excluding hydrogens is 669 g/mol. The molecule has 0 N–H and O–H groups in total. The molecule has 262 valence electrons. The predicted octanol–water partition coefficient (Wildman–Crippen LogP) is 12.0. The van der Waals surface area contributed by atoms with Crippen LogP contribution in [0.1, 0.15) is 126 Å². The van der Waals surface area contributed by atoms with Crippen LogP contribution >= 0.6 is 34.0 Å². The first-order chi connectivity index (χ1) is 23.9. The van der Waals surface area contributed by atoms with Gasteiger partial charge < -0.3 is 9.47 Å². The monoisotopic (exact) mass is 718 g/mol. The van der Waals surface area contributed by atoms with Crippen molar-refractivity contribution in [3.8, 4) is 31.6 Å². The maximum Gasteiger partial charge on any atom is 0.348 e. The topological polar surface area (TPSA) is 100 Å². The Bertz CT molecular complexity index is 1520. The van der Waals surface area contributed by atoms with Crippen molar-refractivity contribution in [2.45, 2.75) is 118 Å². The molecule has 0 aliphatic carbocycles. The average Bonchev–Trinajstić information content (AvgIpc) is 3.84. The fourth-order valence-electron chi connectivity index (χ4n) is 5.58. The van der Waals surface area contributed by atoms with Gasteiger partial charge in [-0.1, -0.05) is 78.1 Å². The van der Waals surface area contributed by atoms with Crippen molar-refractivity contribution in [1.29, 1.82) is 10.5 Å². The van der Waals surface area contributed by atoms with Crippen molar-refractivity contribution < 1.29 is 19.1 Å². The summed E-state index contributed by atoms with van der Waals surface area (Å²) in [6.07, 6.45) is 19.6. The van der Waals surface area contributed by atoms with Crippen molar-refractivity contribution in [2.75, 3.05) is 13.2 Å². The zero-order valence-corrected chi connectivity index (χ0v) is 32.0. The predicted molar refractivity (Wildman–Crippen MR) is 206 cm³/mol. The van der Waals surface area contributed by atoms with Crippen LogP contribution in [0.4, 0.5) is 0 Å². The summed E-state index contributed by atoms with van der Waals surface area (Å²) >= 11 is 4.95. The lowest BCUT2D eigenvalue weighted by atomic mass is 10.0. The van der Waals surface area contributed by atoms with E-state index in [4.69, 9.17) is 9.47 Å². The molecule has 49 heavy (non-hydrogen) atoms. The molecule has 3 aromatic rings. The van der Waals surface area contributed by atoms with Gasteiger partial charge in [0.2, 0.25) is 0 Å². The highest BCUT2D eigenvalue weighted by Gasteiger charge is 2.19. The number of thiophene rings is 3. The molecule has 0 radical (unpaired) electrons. The van der Waals surface area contributed by atoms with Crippen LogP contribution in [0.15, 0.2) is 35.4 Å². The van der Waals surface area contributed by atoms with E-state index in [1.807, 2.05) is 12.1 Å². The number of hydrogen-bond donors (Lipinski definition) is 0. The minimum atomic E-state index is -0.598. The summed E-state index contributed by atoms with van der Waals surface area (Å²) in [4.78, 5) is 31.1. The van der Waals surface area contributed by atoms with Crippen LogP contribution in [-0.4, -0.2) is 25.2 Å². The van der Waals surface area contributed by atoms with E-state index in [1.54, 1.807) is 60.0 Å². The van der Waals surface area contributed by atoms with E-state index in [-0.39, 0.29) is 24.4 Å². The lowest BCUT2D eigenvalue weighted by Crippen LogP contribution is -2.05. The van der Waals surface area contributed by atoms with E-state index in [0.717, 1.165) is 45.2 Å². The van der Waals surface area contributed by atoms with E-state index < -0.39 is 11.9 Å². The SMILES string of the molecule is CCCCCCCCc1cc(/C=C(\C#N)C(=O)OCC)sc1-c1ccc(-c2sc(/C=C(\C#N)C(=O)OCC)cc2CCCCCCCC)s1. The van der Waals surface area contributed by atoms with Crippen molar-refractivity contribution in [2.24, 2.45) is 0 Å². The van der Waals surface area contributed by atoms with Gasteiger partial charge in [-0.2, -0.15) is 10.5 Å². The third-order valence-electron chi connectivity index (χ3n) is 8.11. The Balaban J connectivity index is 1.98. The number of nitrogens with zero attached hydrogens (tertiary/aromatic N) is 2. The Morgan fingerprint density at radius 2 is 1.00 bits per heavy atom. The third-order valence-corrected chi connectivity index (χ3v) is 11.8. The minimum Gasteiger partial charge on any atom is -0.462 e. The zero-order valence-electron chi connectivity index (χ0n) is 29.5. The summed E-state index contributed by atoms with van der Waals surface area (Å²) in [6.45, 7) is 8.36. The second-order valence-electron chi connectivity index (χ2n) is 12.0. The van der Waals surface area contributed by atoms with E-state index in [2.05, 4.69) is 38.1 Å². The maximum atomic E-state index is 12.4. The number of aryl methyl sites for hydroxylation is 2. The standard InChI is InChI=1S/C40H50N2O4S3/c1-5-9-11-13-15-17-19-29-23-33(25-31(27-41)39(43)45-7-3)47-37(29)35-21-22-36(49-35)38-30(20-18-16-14-12-10-6-2)24-34(48-38)26-32(28-42)40(44)46-8-4/h21-26H,5-20H2,1-4H3/b31-25+,32-26+. The fourth-order valence-corrected chi connectivity index (χ4v) is 9.19. The van der Waals surface area contributed by atoms with Crippen LogP contribution in [0.2, 0.25) is 0 Å². The highest BCUT2D eigenvalue weighted by molar-refractivity contribution is 7.27. The molecule has 3 aromatic heterocycles. The smallest absolute Gasteiger partial charge is 0.348 e. The van der Waals surface area contributed by atoms with Crippen LogP contribution in [0, 0.1) is 22.7 Å². The van der Waals surface area contributed by atoms with Crippen molar-refractivity contribution in [3.05, 3.63) is 56.3 Å². The number of carbonyl (C=O) groups is 2. The van der Waals surface area contributed by atoms with Crippen LogP contribution in [0.3, 0.4) is 0 Å². The first-order valence-electron chi connectivity index (χ1n) is 17.8. The summed E-state index contributed by atoms with van der Waals surface area (Å²) in [5.41, 5.74) is 2.48. The first-order valence-corrected chi connectivity index (χ1v) is 20.3. The van der Waals surface area contributed by atoms with E-state index >= 15 is 0 Å². The van der Waals surface area contributed by atoms with Gasteiger partial charge in [0.1, 0.15) is 23.3 Å². The molecule has 0 unspecified atom stereocenters. The number of carbonyl (C=O) groups excluding carboxylic acids is 2. The van der Waals surface area contributed by atoms with Gasteiger partial charge in [-0.05, 0) is 87.1 Å². The summed E-state index contributed by atoms with van der Waals surface area (Å²) in [7, 11) is 0. The highest BCUT2D eigenvalue weighted by atomic mass is 32.1. The van der Waals surface area contributed by atoms with Gasteiger partial charge in [0.25, 0.3) is 0 Å². The largest absolute Gasteiger partial charge is 0.462 e. The molecule has 0 atom stereocenters. The minimum absolute atomic E-state index is 0.00527. The molecule has 0 fully saturated rings. The van der Waals surface area contributed by atoms with Gasteiger partial charge >= 0.3 is 11.9 Å². The number of hydrogen-bond acceptors (Lipinski definition) is 9. The zero-order chi connectivity index (χ0) is 35.4. The first kappa shape index (κ1) is 39.9. The van der Waals surface area contributed by atoms with Crippen LogP contribution < -0.4 is 0 Å². The molecule has 6 nitrogen and oxygen atoms in total. The van der Waals surface area contributed by atoms with E-state index in [0.29, 0.717) is 0 Å². The third kappa shape index (κ3) is 12.7. The summed E-state index contributed by atoms with van der Waals surface area (Å²) in [5, 5.41) is 19.3.